The number of rotatable bonds is 11. The van der Waals surface area contributed by atoms with Gasteiger partial charge in [-0.1, -0.05) is 42.5 Å². The predicted octanol–water partition coefficient (Wildman–Crippen LogP) is 0.431. The molecular weight excluding hydrogens is 612 g/mol. The number of ketones is 1. The van der Waals surface area contributed by atoms with Crippen molar-refractivity contribution in [1.29, 1.82) is 0 Å². The smallest absolute Gasteiger partial charge is 0.317 e. The van der Waals surface area contributed by atoms with Gasteiger partial charge in [-0.15, -0.1) is 5.10 Å². The highest BCUT2D eigenvalue weighted by molar-refractivity contribution is 7.80. The fourth-order valence-corrected chi connectivity index (χ4v) is 6.37. The molecule has 5 N–H and O–H groups in total. The summed E-state index contributed by atoms with van der Waals surface area (Å²) in [7, 11) is 1.99. The number of Topliss-reactive ketones (excluding diaryl/α,β-unsaturated/α-hetero) is 1. The molecule has 0 bridgehead atoms. The van der Waals surface area contributed by atoms with Crippen LogP contribution in [0.15, 0.2) is 30.5 Å². The number of hydrogen-bond donors (Lipinski definition) is 5. The average molecular weight is 651 g/mol. The van der Waals surface area contributed by atoms with Crippen LogP contribution in [0.25, 0.3) is 16.2 Å². The summed E-state index contributed by atoms with van der Waals surface area (Å²) in [5, 5.41) is 27.4. The van der Waals surface area contributed by atoms with Gasteiger partial charge in [0.15, 0.2) is 5.78 Å². The number of likely N-dealkylation sites (N-methyl/N-ethyl adjacent to an activating group) is 2. The SMILES string of the molecule is CCN1CCN(C)CCNC(C(C(=O)O)C(=O)Cc2ccc(-c3cn4nc(NS(=O)O)sc4n3)cc2)CN(CC(=O)O)CC1. The normalized spacial score (nSPS) is 19.6. The number of nitrogens with zero attached hydrogens (tertiary/aromatic N) is 6. The Bertz CT molecular complexity index is 1430. The van der Waals surface area contributed by atoms with Crippen LogP contribution in [0.1, 0.15) is 12.5 Å². The molecule has 4 rings (SSSR count). The molecule has 1 aliphatic rings. The number of hydrogen-bond acceptors (Lipinski definition) is 11. The Kier molecular flexibility index (Phi) is 11.9. The molecule has 15 nitrogen and oxygen atoms in total. The number of carbonyl (C=O) groups excluding carboxylic acids is 1. The van der Waals surface area contributed by atoms with E-state index in [1.54, 1.807) is 35.4 Å². The molecule has 1 saturated heterocycles. The van der Waals surface area contributed by atoms with Gasteiger partial charge in [0.1, 0.15) is 5.92 Å². The fourth-order valence-electron chi connectivity index (χ4n) is 5.16. The quantitative estimate of drug-likeness (QED) is 0.142. The van der Waals surface area contributed by atoms with Crippen LogP contribution >= 0.6 is 11.3 Å². The molecule has 3 unspecified atom stereocenters. The second kappa shape index (κ2) is 15.6. The Balaban J connectivity index is 1.48. The van der Waals surface area contributed by atoms with E-state index in [-0.39, 0.29) is 24.6 Å². The summed E-state index contributed by atoms with van der Waals surface area (Å²) in [4.78, 5) is 48.8. The summed E-state index contributed by atoms with van der Waals surface area (Å²) in [6.07, 6.45) is 1.57. The lowest BCUT2D eigenvalue weighted by molar-refractivity contribution is -0.147. The zero-order valence-corrected chi connectivity index (χ0v) is 26.2. The highest BCUT2D eigenvalue weighted by Gasteiger charge is 2.36. The van der Waals surface area contributed by atoms with Gasteiger partial charge >= 0.3 is 11.9 Å². The number of carboxylic acids is 2. The molecule has 3 atom stereocenters. The van der Waals surface area contributed by atoms with Gasteiger partial charge in [-0.25, -0.2) is 13.7 Å². The van der Waals surface area contributed by atoms with Gasteiger partial charge in [-0.2, -0.15) is 0 Å². The molecule has 3 heterocycles. The van der Waals surface area contributed by atoms with Gasteiger partial charge in [0, 0.05) is 63.8 Å². The third kappa shape index (κ3) is 9.34. The number of carbonyl (C=O) groups is 3. The Morgan fingerprint density at radius 3 is 2.45 bits per heavy atom. The second-order valence-electron chi connectivity index (χ2n) is 10.7. The van der Waals surface area contributed by atoms with Crippen molar-refractivity contribution in [2.75, 3.05) is 70.7 Å². The van der Waals surface area contributed by atoms with E-state index in [9.17, 15) is 28.8 Å². The van der Waals surface area contributed by atoms with E-state index in [4.69, 9.17) is 4.55 Å². The number of imidazole rings is 1. The first-order chi connectivity index (χ1) is 21.0. The topological polar surface area (TPSA) is 193 Å². The van der Waals surface area contributed by atoms with E-state index in [2.05, 4.69) is 36.8 Å². The first kappa shape index (κ1) is 33.6. The minimum absolute atomic E-state index is 0.103. The summed E-state index contributed by atoms with van der Waals surface area (Å²) >= 11 is -1.12. The maximum absolute atomic E-state index is 13.5. The Morgan fingerprint density at radius 1 is 1.11 bits per heavy atom. The van der Waals surface area contributed by atoms with Crippen molar-refractivity contribution in [2.45, 2.75) is 19.4 Å². The third-order valence-electron chi connectivity index (χ3n) is 7.55. The molecule has 1 aliphatic heterocycles. The van der Waals surface area contributed by atoms with Crippen molar-refractivity contribution in [1.82, 2.24) is 34.6 Å². The van der Waals surface area contributed by atoms with Crippen molar-refractivity contribution >= 4 is 50.4 Å². The lowest BCUT2D eigenvalue weighted by Crippen LogP contribution is -2.54. The number of anilines is 1. The van der Waals surface area contributed by atoms with Crippen molar-refractivity contribution in [3.63, 3.8) is 0 Å². The van der Waals surface area contributed by atoms with Crippen molar-refractivity contribution in [2.24, 2.45) is 5.92 Å². The third-order valence-corrected chi connectivity index (χ3v) is 8.89. The van der Waals surface area contributed by atoms with E-state index in [1.165, 1.54) is 4.52 Å². The number of nitrogens with one attached hydrogen (secondary N) is 2. The molecule has 3 aromatic rings. The summed E-state index contributed by atoms with van der Waals surface area (Å²) in [5.41, 5.74) is 2.00. The van der Waals surface area contributed by atoms with Crippen LogP contribution in [0.4, 0.5) is 5.13 Å². The first-order valence-electron chi connectivity index (χ1n) is 14.2. The van der Waals surface area contributed by atoms with Crippen molar-refractivity contribution < 1.29 is 33.4 Å². The van der Waals surface area contributed by atoms with Crippen molar-refractivity contribution in [3.8, 4) is 11.3 Å². The van der Waals surface area contributed by atoms with E-state index < -0.39 is 40.9 Å². The van der Waals surface area contributed by atoms with Crippen LogP contribution in [0.3, 0.4) is 0 Å². The zero-order valence-electron chi connectivity index (χ0n) is 24.6. The minimum atomic E-state index is -2.24. The van der Waals surface area contributed by atoms with Gasteiger partial charge in [-0.05, 0) is 19.2 Å². The molecule has 44 heavy (non-hydrogen) atoms. The number of aliphatic carboxylic acids is 2. The average Bonchev–Trinajstić information content (AvgIpc) is 3.50. The monoisotopic (exact) mass is 650 g/mol. The van der Waals surface area contributed by atoms with E-state index >= 15 is 0 Å². The Morgan fingerprint density at radius 2 is 1.82 bits per heavy atom. The van der Waals surface area contributed by atoms with Gasteiger partial charge < -0.3 is 25.3 Å². The number of aromatic nitrogens is 3. The molecule has 1 aromatic carbocycles. The molecule has 2 aromatic heterocycles. The van der Waals surface area contributed by atoms with Crippen LogP contribution < -0.4 is 10.0 Å². The van der Waals surface area contributed by atoms with Gasteiger partial charge in [-0.3, -0.25) is 28.6 Å². The number of fused-ring (bicyclic) bond motifs is 1. The largest absolute Gasteiger partial charge is 0.481 e. The molecule has 0 aliphatic carbocycles. The highest BCUT2D eigenvalue weighted by Crippen LogP contribution is 2.25. The molecule has 240 valence electrons. The second-order valence-corrected chi connectivity index (χ2v) is 12.4. The molecule has 0 saturated carbocycles. The minimum Gasteiger partial charge on any atom is -0.481 e. The maximum atomic E-state index is 13.5. The molecular formula is C27H38N8O7S2. The maximum Gasteiger partial charge on any atom is 0.317 e. The molecule has 1 fully saturated rings. The summed E-state index contributed by atoms with van der Waals surface area (Å²) in [6.45, 7) is 6.54. The van der Waals surface area contributed by atoms with Crippen LogP contribution in [-0.2, 0) is 32.1 Å². The lowest BCUT2D eigenvalue weighted by atomic mass is 9.90. The van der Waals surface area contributed by atoms with E-state index in [1.807, 2.05) is 7.05 Å². The molecule has 0 spiro atoms. The highest BCUT2D eigenvalue weighted by atomic mass is 32.2. The van der Waals surface area contributed by atoms with E-state index in [0.717, 1.165) is 36.5 Å². The Hall–Kier alpha value is -3.32. The van der Waals surface area contributed by atoms with Crippen molar-refractivity contribution in [3.05, 3.63) is 36.0 Å². The van der Waals surface area contributed by atoms with Crippen LogP contribution in [-0.4, -0.2) is 138 Å². The lowest BCUT2D eigenvalue weighted by Gasteiger charge is -2.33. The van der Waals surface area contributed by atoms with Gasteiger partial charge in [0.05, 0.1) is 18.4 Å². The Labute approximate surface area is 261 Å². The predicted molar refractivity (Wildman–Crippen MR) is 166 cm³/mol. The van der Waals surface area contributed by atoms with Gasteiger partial charge in [0.25, 0.3) is 11.3 Å². The van der Waals surface area contributed by atoms with Crippen LogP contribution in [0.5, 0.6) is 0 Å². The molecule has 0 amide bonds. The standard InChI is InChI=1S/C27H38N8O7S2/c1-3-33-11-10-32(2)9-8-28-21(15-34(13-12-33)17-23(37)38)24(25(39)40)22(36)14-18-4-6-19(7-5-18)20-16-35-27(29-20)43-26(30-35)31-44(41)42/h4-7,16,21,24,28H,3,8-15,17H2,1-2H3,(H,30,31)(H,37,38)(H,39,40)(H,41,42). The van der Waals surface area contributed by atoms with Crippen LogP contribution in [0.2, 0.25) is 0 Å². The van der Waals surface area contributed by atoms with Gasteiger partial charge in [0.2, 0.25) is 10.1 Å². The summed E-state index contributed by atoms with van der Waals surface area (Å²) in [6, 6.07) is 6.27. The van der Waals surface area contributed by atoms with Crippen LogP contribution in [0, 0.1) is 5.92 Å². The number of carboxylic acid groups (broad SMARTS) is 2. The molecule has 0 radical (unpaired) electrons. The fraction of sp³-hybridized carbons (Fsp3) is 0.519. The first-order valence-corrected chi connectivity index (χ1v) is 16.1. The molecule has 17 heteroatoms. The summed E-state index contributed by atoms with van der Waals surface area (Å²) < 4.78 is 23.7. The zero-order chi connectivity index (χ0) is 31.8. The van der Waals surface area contributed by atoms with E-state index in [0.29, 0.717) is 42.4 Å². The summed E-state index contributed by atoms with van der Waals surface area (Å²) in [5.74, 6) is -4.10. The number of benzene rings is 1.